The van der Waals surface area contributed by atoms with E-state index >= 15 is 0 Å². The summed E-state index contributed by atoms with van der Waals surface area (Å²) in [6.45, 7) is 0.458. The molecule has 0 radical (unpaired) electrons. The van der Waals surface area contributed by atoms with Crippen LogP contribution in [0.1, 0.15) is 34.7 Å². The zero-order chi connectivity index (χ0) is 19.8. The summed E-state index contributed by atoms with van der Waals surface area (Å²) in [5, 5.41) is 20.4. The van der Waals surface area contributed by atoms with E-state index in [4.69, 9.17) is 11.5 Å². The first-order chi connectivity index (χ1) is 13.6. The highest BCUT2D eigenvalue weighted by molar-refractivity contribution is 7.15. The highest BCUT2D eigenvalue weighted by Crippen LogP contribution is 2.18. The maximum absolute atomic E-state index is 12.2. The number of carbonyl (C=O) groups excluding carboxylic acids is 1. The average molecular weight is 398 g/mol. The van der Waals surface area contributed by atoms with E-state index in [2.05, 4.69) is 25.7 Å². The summed E-state index contributed by atoms with van der Waals surface area (Å²) >= 11 is 1.41. The Labute approximate surface area is 167 Å². The van der Waals surface area contributed by atoms with Crippen LogP contribution in [-0.4, -0.2) is 26.3 Å². The van der Waals surface area contributed by atoms with Crippen molar-refractivity contribution >= 4 is 28.2 Å². The number of anilines is 2. The summed E-state index contributed by atoms with van der Waals surface area (Å²) in [7, 11) is 0. The lowest BCUT2D eigenvalue weighted by Crippen LogP contribution is -2.14. The summed E-state index contributed by atoms with van der Waals surface area (Å²) in [5.74, 6) is 0.318. The molecule has 1 aromatic carbocycles. The molecule has 2 aromatic heterocycles. The molecule has 0 fully saturated rings. The van der Waals surface area contributed by atoms with E-state index in [0.717, 1.165) is 47.5 Å². The van der Waals surface area contributed by atoms with Gasteiger partial charge in [-0.3, -0.25) is 4.79 Å². The van der Waals surface area contributed by atoms with Crippen molar-refractivity contribution in [2.45, 2.75) is 38.6 Å². The van der Waals surface area contributed by atoms with Gasteiger partial charge < -0.3 is 16.8 Å². The van der Waals surface area contributed by atoms with Crippen LogP contribution in [0.4, 0.5) is 10.9 Å². The summed E-state index contributed by atoms with van der Waals surface area (Å²) in [5.41, 5.74) is 14.0. The Morgan fingerprint density at radius 3 is 2.61 bits per heavy atom. The molecule has 0 spiro atoms. The standard InChI is InChI=1S/C19H23N7OS/c20-12-14-5-3-4-13(10-14)11-17(27)22-19-26-25-18(28-19)7-2-1-6-15-8-9-16(21)24-23-15/h3-5,8-10H,1-2,6-7,11-12,20H2,(H2,21,24)(H,22,26,27). The Bertz CT molecular complexity index is 911. The van der Waals surface area contributed by atoms with Gasteiger partial charge in [0.1, 0.15) is 10.8 Å². The Balaban J connectivity index is 1.41. The number of benzene rings is 1. The van der Waals surface area contributed by atoms with Gasteiger partial charge in [0, 0.05) is 13.0 Å². The molecule has 3 aromatic rings. The van der Waals surface area contributed by atoms with Crippen LogP contribution in [0.3, 0.4) is 0 Å². The van der Waals surface area contributed by atoms with Gasteiger partial charge in [-0.05, 0) is 42.5 Å². The van der Waals surface area contributed by atoms with Crippen molar-refractivity contribution in [2.24, 2.45) is 5.73 Å². The fourth-order valence-electron chi connectivity index (χ4n) is 2.71. The Morgan fingerprint density at radius 2 is 1.82 bits per heavy atom. The molecule has 0 aliphatic carbocycles. The minimum Gasteiger partial charge on any atom is -0.382 e. The zero-order valence-electron chi connectivity index (χ0n) is 15.5. The van der Waals surface area contributed by atoms with E-state index in [1.165, 1.54) is 11.3 Å². The third kappa shape index (κ3) is 6.07. The highest BCUT2D eigenvalue weighted by Gasteiger charge is 2.09. The lowest BCUT2D eigenvalue weighted by Gasteiger charge is -2.03. The topological polar surface area (TPSA) is 133 Å². The number of aromatic nitrogens is 4. The number of carbonyl (C=O) groups is 1. The maximum atomic E-state index is 12.2. The van der Waals surface area contributed by atoms with Gasteiger partial charge in [-0.15, -0.1) is 15.3 Å². The van der Waals surface area contributed by atoms with Gasteiger partial charge in [0.05, 0.1) is 12.1 Å². The number of nitrogens with zero attached hydrogens (tertiary/aromatic N) is 4. The summed E-state index contributed by atoms with van der Waals surface area (Å²) in [4.78, 5) is 12.2. The Kier molecular flexibility index (Phi) is 6.99. The third-order valence-electron chi connectivity index (χ3n) is 4.12. The zero-order valence-corrected chi connectivity index (χ0v) is 16.3. The van der Waals surface area contributed by atoms with Gasteiger partial charge in [0.25, 0.3) is 0 Å². The summed E-state index contributed by atoms with van der Waals surface area (Å²) in [6, 6.07) is 11.4. The molecule has 3 rings (SSSR count). The molecule has 28 heavy (non-hydrogen) atoms. The van der Waals surface area contributed by atoms with Crippen molar-refractivity contribution in [1.29, 1.82) is 0 Å². The first kappa shape index (κ1) is 19.8. The number of nitrogens with two attached hydrogens (primary N) is 2. The average Bonchev–Trinajstić information content (AvgIpc) is 3.13. The predicted molar refractivity (Wildman–Crippen MR) is 110 cm³/mol. The number of aryl methyl sites for hydroxylation is 2. The fourth-order valence-corrected chi connectivity index (χ4v) is 3.50. The normalized spacial score (nSPS) is 10.8. The monoisotopic (exact) mass is 397 g/mol. The molecule has 0 saturated heterocycles. The van der Waals surface area contributed by atoms with Crippen LogP contribution in [-0.2, 0) is 30.6 Å². The van der Waals surface area contributed by atoms with Crippen LogP contribution in [0.2, 0.25) is 0 Å². The van der Waals surface area contributed by atoms with Crippen LogP contribution in [0.25, 0.3) is 0 Å². The molecule has 9 heteroatoms. The van der Waals surface area contributed by atoms with Gasteiger partial charge in [-0.1, -0.05) is 35.6 Å². The number of unbranched alkanes of at least 4 members (excludes halogenated alkanes) is 1. The number of hydrogen-bond acceptors (Lipinski definition) is 8. The van der Waals surface area contributed by atoms with E-state index < -0.39 is 0 Å². The third-order valence-corrected chi connectivity index (χ3v) is 5.02. The number of amides is 1. The summed E-state index contributed by atoms with van der Waals surface area (Å²) in [6.07, 6.45) is 3.87. The van der Waals surface area contributed by atoms with Crippen molar-refractivity contribution in [3.63, 3.8) is 0 Å². The molecule has 8 nitrogen and oxygen atoms in total. The maximum Gasteiger partial charge on any atom is 0.230 e. The van der Waals surface area contributed by atoms with E-state index in [9.17, 15) is 4.79 Å². The lowest BCUT2D eigenvalue weighted by atomic mass is 10.1. The molecule has 146 valence electrons. The second-order valence-electron chi connectivity index (χ2n) is 6.41. The van der Waals surface area contributed by atoms with Crippen LogP contribution in [0.15, 0.2) is 36.4 Å². The fraction of sp³-hybridized carbons (Fsp3) is 0.316. The molecule has 0 unspecified atom stereocenters. The smallest absolute Gasteiger partial charge is 0.230 e. The predicted octanol–water partition coefficient (Wildman–Crippen LogP) is 2.12. The molecule has 2 heterocycles. The first-order valence-electron chi connectivity index (χ1n) is 9.10. The minimum absolute atomic E-state index is 0.112. The number of hydrogen-bond donors (Lipinski definition) is 3. The van der Waals surface area contributed by atoms with Crippen molar-refractivity contribution in [1.82, 2.24) is 20.4 Å². The first-order valence-corrected chi connectivity index (χ1v) is 9.92. The highest BCUT2D eigenvalue weighted by atomic mass is 32.1. The van der Waals surface area contributed by atoms with E-state index in [1.54, 1.807) is 6.07 Å². The van der Waals surface area contributed by atoms with E-state index in [1.807, 2.05) is 30.3 Å². The molecule has 0 atom stereocenters. The molecule has 0 bridgehead atoms. The molecular formula is C19H23N7OS. The molecule has 5 N–H and O–H groups in total. The minimum atomic E-state index is -0.112. The summed E-state index contributed by atoms with van der Waals surface area (Å²) < 4.78 is 0. The van der Waals surface area contributed by atoms with Gasteiger partial charge in [0.2, 0.25) is 11.0 Å². The number of nitrogen functional groups attached to an aromatic ring is 1. The van der Waals surface area contributed by atoms with Crippen LogP contribution < -0.4 is 16.8 Å². The molecule has 1 amide bonds. The number of nitrogens with one attached hydrogen (secondary N) is 1. The van der Waals surface area contributed by atoms with Crippen molar-refractivity contribution in [3.05, 3.63) is 58.2 Å². The van der Waals surface area contributed by atoms with E-state index in [0.29, 0.717) is 17.5 Å². The van der Waals surface area contributed by atoms with Crippen molar-refractivity contribution in [2.75, 3.05) is 11.1 Å². The largest absolute Gasteiger partial charge is 0.382 e. The van der Waals surface area contributed by atoms with Gasteiger partial charge >= 0.3 is 0 Å². The van der Waals surface area contributed by atoms with Gasteiger partial charge in [-0.25, -0.2) is 0 Å². The van der Waals surface area contributed by atoms with Crippen LogP contribution >= 0.6 is 11.3 Å². The van der Waals surface area contributed by atoms with Gasteiger partial charge in [-0.2, -0.15) is 5.10 Å². The molecule has 0 aliphatic rings. The van der Waals surface area contributed by atoms with Crippen LogP contribution in [0, 0.1) is 0 Å². The van der Waals surface area contributed by atoms with Gasteiger partial charge in [0.15, 0.2) is 0 Å². The Hall–Kier alpha value is -2.91. The Morgan fingerprint density at radius 1 is 1.00 bits per heavy atom. The van der Waals surface area contributed by atoms with Crippen molar-refractivity contribution in [3.8, 4) is 0 Å². The molecular weight excluding hydrogens is 374 g/mol. The quantitative estimate of drug-likeness (QED) is 0.471. The lowest BCUT2D eigenvalue weighted by molar-refractivity contribution is -0.115. The van der Waals surface area contributed by atoms with Crippen LogP contribution in [0.5, 0.6) is 0 Å². The molecule has 0 aliphatic heterocycles. The van der Waals surface area contributed by atoms with Crippen molar-refractivity contribution < 1.29 is 4.79 Å². The second-order valence-corrected chi connectivity index (χ2v) is 7.47. The van der Waals surface area contributed by atoms with E-state index in [-0.39, 0.29) is 12.3 Å². The number of rotatable bonds is 9. The SMILES string of the molecule is NCc1cccc(CC(=O)Nc2nnc(CCCCc3ccc(N)nn3)s2)c1. The molecule has 0 saturated carbocycles. The second kappa shape index (κ2) is 9.86.